The first-order chi connectivity index (χ1) is 14.6. The van der Waals surface area contributed by atoms with Crippen LogP contribution in [-0.2, 0) is 28.8 Å². The van der Waals surface area contributed by atoms with E-state index in [1.54, 1.807) is 34.0 Å². The summed E-state index contributed by atoms with van der Waals surface area (Å²) >= 11 is 4.92. The Labute approximate surface area is 189 Å². The number of hydrogen-bond acceptors (Lipinski definition) is 7. The minimum Gasteiger partial charge on any atom is -0.459 e. The van der Waals surface area contributed by atoms with E-state index in [9.17, 15) is 9.90 Å². The molecule has 1 saturated heterocycles. The Morgan fingerprint density at radius 2 is 1.63 bits per heavy atom. The normalized spacial score (nSPS) is 17.4. The Bertz CT molecular complexity index is 854. The summed E-state index contributed by atoms with van der Waals surface area (Å²) < 4.78 is 5.84. The van der Waals surface area contributed by atoms with Gasteiger partial charge in [0.15, 0.2) is 5.60 Å². The van der Waals surface area contributed by atoms with Crippen molar-refractivity contribution in [1.82, 2.24) is 4.90 Å². The first-order valence-corrected chi connectivity index (χ1v) is 13.0. The molecule has 3 aromatic heterocycles. The molecule has 0 spiro atoms. The number of esters is 1. The Balaban J connectivity index is 1.31. The molecule has 4 nitrogen and oxygen atoms in total. The molecule has 1 N–H and O–H groups in total. The van der Waals surface area contributed by atoms with Crippen LogP contribution in [0.4, 0.5) is 0 Å². The molecule has 7 heteroatoms. The van der Waals surface area contributed by atoms with Gasteiger partial charge >= 0.3 is 5.97 Å². The summed E-state index contributed by atoms with van der Waals surface area (Å²) in [6.07, 6.45) is 3.48. The fourth-order valence-corrected chi connectivity index (χ4v) is 6.27. The van der Waals surface area contributed by atoms with Gasteiger partial charge in [-0.1, -0.05) is 18.2 Å². The van der Waals surface area contributed by atoms with Gasteiger partial charge in [0.05, 0.1) is 0 Å². The lowest BCUT2D eigenvalue weighted by molar-refractivity contribution is -0.170. The molecular weight excluding hydrogens is 434 g/mol. The van der Waals surface area contributed by atoms with E-state index < -0.39 is 11.6 Å². The van der Waals surface area contributed by atoms with Crippen molar-refractivity contribution in [2.45, 2.75) is 43.8 Å². The maximum atomic E-state index is 13.1. The van der Waals surface area contributed by atoms with Crippen molar-refractivity contribution in [3.63, 3.8) is 0 Å². The lowest BCUT2D eigenvalue weighted by Gasteiger charge is -2.27. The molecule has 0 radical (unpaired) electrons. The van der Waals surface area contributed by atoms with Crippen LogP contribution in [0.5, 0.6) is 0 Å². The fraction of sp³-hybridized carbons (Fsp3) is 0.435. The predicted octanol–water partition coefficient (Wildman–Crippen LogP) is 4.64. The van der Waals surface area contributed by atoms with Crippen molar-refractivity contribution in [3.8, 4) is 0 Å². The minimum atomic E-state index is -1.53. The van der Waals surface area contributed by atoms with E-state index in [1.165, 1.54) is 4.88 Å². The standard InChI is InChI=1S/C23H27NO3S3/c25-22(23(26,15-20-7-3-13-29-20)16-21-8-4-14-30-21)27-18-9-11-24(17-18)10-1-5-19-6-2-12-28-19/h2-4,6-8,12-14,18,26H,1,5,9-11,15-17H2/t18-/m1/s1. The third kappa shape index (κ3) is 5.80. The molecule has 0 aromatic carbocycles. The average Bonchev–Trinajstić information content (AvgIpc) is 3.51. The molecule has 0 unspecified atom stereocenters. The van der Waals surface area contributed by atoms with Gasteiger partial charge < -0.3 is 9.84 Å². The van der Waals surface area contributed by atoms with Gasteiger partial charge in [0.25, 0.3) is 0 Å². The van der Waals surface area contributed by atoms with Gasteiger partial charge in [0.2, 0.25) is 0 Å². The van der Waals surface area contributed by atoms with E-state index in [0.29, 0.717) is 12.8 Å². The monoisotopic (exact) mass is 461 g/mol. The first kappa shape index (κ1) is 21.7. The second-order valence-electron chi connectivity index (χ2n) is 7.84. The quantitative estimate of drug-likeness (QED) is 0.447. The molecule has 0 aliphatic carbocycles. The molecular formula is C23H27NO3S3. The zero-order chi connectivity index (χ0) is 20.8. The molecule has 1 aliphatic rings. The molecule has 1 fully saturated rings. The largest absolute Gasteiger partial charge is 0.459 e. The van der Waals surface area contributed by atoms with E-state index >= 15 is 0 Å². The lowest BCUT2D eigenvalue weighted by Crippen LogP contribution is -2.46. The maximum absolute atomic E-state index is 13.1. The Hall–Kier alpha value is -1.51. The number of aliphatic hydroxyl groups is 1. The van der Waals surface area contributed by atoms with Crippen molar-refractivity contribution in [2.24, 2.45) is 0 Å². The highest BCUT2D eigenvalue weighted by molar-refractivity contribution is 7.10. The van der Waals surface area contributed by atoms with Crippen molar-refractivity contribution < 1.29 is 14.6 Å². The van der Waals surface area contributed by atoms with Gasteiger partial charge in [0, 0.05) is 40.6 Å². The van der Waals surface area contributed by atoms with Crippen LogP contribution in [0.15, 0.2) is 52.5 Å². The Kier molecular flexibility index (Phi) is 7.38. The van der Waals surface area contributed by atoms with Crippen molar-refractivity contribution in [3.05, 3.63) is 67.2 Å². The average molecular weight is 462 g/mol. The molecule has 1 aliphatic heterocycles. The number of hydrogen-bond donors (Lipinski definition) is 1. The van der Waals surface area contributed by atoms with Crippen molar-refractivity contribution >= 4 is 40.0 Å². The van der Waals surface area contributed by atoms with Crippen molar-refractivity contribution in [2.75, 3.05) is 19.6 Å². The highest BCUT2D eigenvalue weighted by Gasteiger charge is 2.41. The summed E-state index contributed by atoms with van der Waals surface area (Å²) in [7, 11) is 0. The molecule has 0 saturated carbocycles. The van der Waals surface area contributed by atoms with E-state index in [1.807, 2.05) is 35.0 Å². The topological polar surface area (TPSA) is 49.8 Å². The van der Waals surface area contributed by atoms with E-state index in [4.69, 9.17) is 4.74 Å². The second kappa shape index (κ2) is 10.2. The fourth-order valence-electron chi connectivity index (χ4n) is 3.90. The van der Waals surface area contributed by atoms with Gasteiger partial charge in [-0.3, -0.25) is 4.90 Å². The van der Waals surface area contributed by atoms with Gasteiger partial charge in [-0.25, -0.2) is 4.79 Å². The van der Waals surface area contributed by atoms with Gasteiger partial charge in [-0.05, 0) is 60.1 Å². The number of nitrogens with zero attached hydrogens (tertiary/aromatic N) is 1. The molecule has 4 rings (SSSR count). The van der Waals surface area contributed by atoms with Gasteiger partial charge in [-0.2, -0.15) is 0 Å². The highest BCUT2D eigenvalue weighted by atomic mass is 32.1. The molecule has 30 heavy (non-hydrogen) atoms. The summed E-state index contributed by atoms with van der Waals surface area (Å²) in [5.41, 5.74) is -1.53. The van der Waals surface area contributed by atoms with Gasteiger partial charge in [-0.15, -0.1) is 34.0 Å². The number of thiophene rings is 3. The molecule has 160 valence electrons. The van der Waals surface area contributed by atoms with Crippen LogP contribution in [0, 0.1) is 0 Å². The van der Waals surface area contributed by atoms with E-state index in [2.05, 4.69) is 22.4 Å². The Morgan fingerprint density at radius 3 is 2.20 bits per heavy atom. The zero-order valence-corrected chi connectivity index (χ0v) is 19.3. The minimum absolute atomic E-state index is 0.141. The lowest BCUT2D eigenvalue weighted by atomic mass is 9.93. The predicted molar refractivity (Wildman–Crippen MR) is 125 cm³/mol. The Morgan fingerprint density at radius 1 is 1.03 bits per heavy atom. The van der Waals surface area contributed by atoms with Crippen LogP contribution in [0.3, 0.4) is 0 Å². The molecule has 3 aromatic rings. The third-order valence-corrected chi connectivity index (χ3v) is 8.14. The van der Waals surface area contributed by atoms with Crippen LogP contribution in [-0.4, -0.2) is 47.3 Å². The SMILES string of the molecule is O=C(O[C@@H]1CCN(CCCc2cccs2)C1)C(O)(Cc1cccs1)Cc1cccs1. The molecule has 0 bridgehead atoms. The summed E-state index contributed by atoms with van der Waals surface area (Å²) in [6.45, 7) is 2.71. The number of ether oxygens (including phenoxy) is 1. The summed E-state index contributed by atoms with van der Waals surface area (Å²) in [6, 6.07) is 12.1. The summed E-state index contributed by atoms with van der Waals surface area (Å²) in [5.74, 6) is -0.491. The highest BCUT2D eigenvalue weighted by Crippen LogP contribution is 2.27. The van der Waals surface area contributed by atoms with Crippen LogP contribution in [0.25, 0.3) is 0 Å². The number of aryl methyl sites for hydroxylation is 1. The number of likely N-dealkylation sites (tertiary alicyclic amines) is 1. The number of carbonyl (C=O) groups excluding carboxylic acids is 1. The van der Waals surface area contributed by atoms with Crippen LogP contribution < -0.4 is 0 Å². The summed E-state index contributed by atoms with van der Waals surface area (Å²) in [4.78, 5) is 18.8. The van der Waals surface area contributed by atoms with E-state index in [-0.39, 0.29) is 6.10 Å². The first-order valence-electron chi connectivity index (χ1n) is 10.3. The maximum Gasteiger partial charge on any atom is 0.339 e. The van der Waals surface area contributed by atoms with Crippen molar-refractivity contribution in [1.29, 1.82) is 0 Å². The van der Waals surface area contributed by atoms with Crippen LogP contribution in [0.2, 0.25) is 0 Å². The number of rotatable bonds is 10. The van der Waals surface area contributed by atoms with Crippen LogP contribution in [0.1, 0.15) is 27.5 Å². The van der Waals surface area contributed by atoms with E-state index in [0.717, 1.165) is 48.7 Å². The molecule has 1 atom stereocenters. The zero-order valence-electron chi connectivity index (χ0n) is 16.9. The van der Waals surface area contributed by atoms with Gasteiger partial charge in [0.1, 0.15) is 6.10 Å². The smallest absolute Gasteiger partial charge is 0.339 e. The number of carbonyl (C=O) groups is 1. The molecule has 4 heterocycles. The van der Waals surface area contributed by atoms with Crippen LogP contribution >= 0.6 is 34.0 Å². The summed E-state index contributed by atoms with van der Waals surface area (Å²) in [5, 5.41) is 17.4. The third-order valence-electron chi connectivity index (χ3n) is 5.45. The molecule has 0 amide bonds. The second-order valence-corrected chi connectivity index (χ2v) is 10.9.